The van der Waals surface area contributed by atoms with Crippen LogP contribution in [0, 0.1) is 24.4 Å². The standard InChI is InChI=1S/C21H19F3N4O2/c1-12-6-15(30-3)4-5-18(12)26-21-27-20(29)14(9-25-2)11-28(21)10-13-7-16(22)19(24)17(23)8-13/h4-9,11H,10H2,1-3H3,(H,26,27,29). The fourth-order valence-corrected chi connectivity index (χ4v) is 2.88. The van der Waals surface area contributed by atoms with Crippen molar-refractivity contribution >= 4 is 17.9 Å². The van der Waals surface area contributed by atoms with Crippen molar-refractivity contribution in [3.05, 3.63) is 81.0 Å². The summed E-state index contributed by atoms with van der Waals surface area (Å²) in [4.78, 5) is 20.2. The van der Waals surface area contributed by atoms with Crippen LogP contribution < -0.4 is 15.6 Å². The Kier molecular flexibility index (Phi) is 6.20. The topological polar surface area (TPSA) is 68.5 Å². The third-order valence-corrected chi connectivity index (χ3v) is 4.37. The van der Waals surface area contributed by atoms with Gasteiger partial charge in [0.25, 0.3) is 5.56 Å². The van der Waals surface area contributed by atoms with Crippen LogP contribution in [0.15, 0.2) is 46.3 Å². The summed E-state index contributed by atoms with van der Waals surface area (Å²) in [6.45, 7) is 1.78. The number of nitrogens with one attached hydrogen (secondary N) is 1. The third kappa shape index (κ3) is 4.51. The predicted octanol–water partition coefficient (Wildman–Crippen LogP) is 3.82. The lowest BCUT2D eigenvalue weighted by Gasteiger charge is -2.16. The molecule has 0 amide bonds. The van der Waals surface area contributed by atoms with Gasteiger partial charge in [-0.1, -0.05) is 0 Å². The summed E-state index contributed by atoms with van der Waals surface area (Å²) in [5, 5.41) is 3.05. The number of hydrogen-bond donors (Lipinski definition) is 1. The van der Waals surface area contributed by atoms with Gasteiger partial charge >= 0.3 is 0 Å². The second-order valence-corrected chi connectivity index (χ2v) is 6.52. The zero-order valence-electron chi connectivity index (χ0n) is 16.5. The fourth-order valence-electron chi connectivity index (χ4n) is 2.88. The lowest BCUT2D eigenvalue weighted by atomic mass is 10.2. The van der Waals surface area contributed by atoms with Crippen molar-refractivity contribution in [1.82, 2.24) is 9.55 Å². The van der Waals surface area contributed by atoms with E-state index >= 15 is 0 Å². The highest BCUT2D eigenvalue weighted by atomic mass is 19.2. The Bertz CT molecular complexity index is 1150. The molecule has 0 spiro atoms. The number of ether oxygens (including phenoxy) is 1. The molecule has 0 radical (unpaired) electrons. The number of benzene rings is 2. The van der Waals surface area contributed by atoms with Crippen LogP contribution in [0.3, 0.4) is 0 Å². The van der Waals surface area contributed by atoms with Crippen LogP contribution in [0.1, 0.15) is 16.7 Å². The van der Waals surface area contributed by atoms with Crippen LogP contribution in [-0.4, -0.2) is 29.9 Å². The molecule has 0 aliphatic rings. The number of aromatic nitrogens is 2. The molecule has 0 saturated carbocycles. The first-order chi connectivity index (χ1) is 14.3. The van der Waals surface area contributed by atoms with E-state index < -0.39 is 23.0 Å². The van der Waals surface area contributed by atoms with E-state index in [1.165, 1.54) is 24.0 Å². The van der Waals surface area contributed by atoms with E-state index in [-0.39, 0.29) is 23.6 Å². The Morgan fingerprint density at radius 1 is 1.20 bits per heavy atom. The van der Waals surface area contributed by atoms with Crippen LogP contribution in [0.25, 0.3) is 0 Å². The Morgan fingerprint density at radius 3 is 2.50 bits per heavy atom. The van der Waals surface area contributed by atoms with Crippen molar-refractivity contribution in [2.75, 3.05) is 19.5 Å². The number of methoxy groups -OCH3 is 1. The highest BCUT2D eigenvalue weighted by molar-refractivity contribution is 5.78. The molecule has 156 valence electrons. The number of aryl methyl sites for hydroxylation is 1. The largest absolute Gasteiger partial charge is 0.497 e. The van der Waals surface area contributed by atoms with Crippen LogP contribution >= 0.6 is 0 Å². The number of nitrogens with zero attached hydrogens (tertiary/aromatic N) is 3. The van der Waals surface area contributed by atoms with Gasteiger partial charge in [0.15, 0.2) is 17.5 Å². The van der Waals surface area contributed by atoms with Crippen molar-refractivity contribution in [3.8, 4) is 5.75 Å². The number of aliphatic imine (C=N–C) groups is 1. The smallest absolute Gasteiger partial charge is 0.283 e. The highest BCUT2D eigenvalue weighted by Crippen LogP contribution is 2.24. The maximum atomic E-state index is 13.6. The average molecular weight is 416 g/mol. The normalized spacial score (nSPS) is 11.1. The summed E-state index contributed by atoms with van der Waals surface area (Å²) >= 11 is 0. The predicted molar refractivity (Wildman–Crippen MR) is 108 cm³/mol. The van der Waals surface area contributed by atoms with Gasteiger partial charge < -0.3 is 14.6 Å². The van der Waals surface area contributed by atoms with Gasteiger partial charge in [-0.2, -0.15) is 4.98 Å². The van der Waals surface area contributed by atoms with Gasteiger partial charge in [0, 0.05) is 25.1 Å². The van der Waals surface area contributed by atoms with Gasteiger partial charge in [-0.25, -0.2) is 13.2 Å². The Morgan fingerprint density at radius 2 is 1.90 bits per heavy atom. The zero-order valence-corrected chi connectivity index (χ0v) is 16.5. The maximum Gasteiger partial charge on any atom is 0.283 e. The molecule has 3 rings (SSSR count). The zero-order chi connectivity index (χ0) is 21.8. The van der Waals surface area contributed by atoms with Crippen LogP contribution in [0.2, 0.25) is 0 Å². The maximum absolute atomic E-state index is 13.6. The molecule has 0 bridgehead atoms. The first-order valence-corrected chi connectivity index (χ1v) is 8.91. The Labute approximate surface area is 170 Å². The minimum Gasteiger partial charge on any atom is -0.497 e. The van der Waals surface area contributed by atoms with Gasteiger partial charge in [-0.15, -0.1) is 0 Å². The van der Waals surface area contributed by atoms with E-state index in [9.17, 15) is 18.0 Å². The minimum atomic E-state index is -1.54. The van der Waals surface area contributed by atoms with Crippen molar-refractivity contribution in [3.63, 3.8) is 0 Å². The molecule has 3 aromatic rings. The second kappa shape index (κ2) is 8.81. The van der Waals surface area contributed by atoms with Crippen molar-refractivity contribution in [2.24, 2.45) is 4.99 Å². The van der Waals surface area contributed by atoms with E-state index in [0.717, 1.165) is 17.7 Å². The first-order valence-electron chi connectivity index (χ1n) is 8.91. The monoisotopic (exact) mass is 416 g/mol. The molecule has 6 nitrogen and oxygen atoms in total. The van der Waals surface area contributed by atoms with Crippen molar-refractivity contribution in [1.29, 1.82) is 0 Å². The quantitative estimate of drug-likeness (QED) is 0.490. The lowest BCUT2D eigenvalue weighted by Crippen LogP contribution is -2.21. The average Bonchev–Trinajstić information content (AvgIpc) is 2.71. The van der Waals surface area contributed by atoms with Gasteiger partial charge in [-0.3, -0.25) is 9.79 Å². The third-order valence-electron chi connectivity index (χ3n) is 4.37. The fraction of sp³-hybridized carbons (Fsp3) is 0.190. The molecule has 0 saturated heterocycles. The molecule has 0 fully saturated rings. The van der Waals surface area contributed by atoms with Gasteiger partial charge in [0.2, 0.25) is 5.95 Å². The number of hydrogen-bond acceptors (Lipinski definition) is 5. The molecule has 1 heterocycles. The first kappa shape index (κ1) is 21.1. The summed E-state index contributed by atoms with van der Waals surface area (Å²) in [6.07, 6.45) is 2.79. The summed E-state index contributed by atoms with van der Waals surface area (Å²) < 4.78 is 47.2. The lowest BCUT2D eigenvalue weighted by molar-refractivity contribution is 0.414. The Hall–Kier alpha value is -3.62. The van der Waals surface area contributed by atoms with Crippen molar-refractivity contribution in [2.45, 2.75) is 13.5 Å². The minimum absolute atomic E-state index is 0.0660. The van der Waals surface area contributed by atoms with Gasteiger partial charge in [0.05, 0.1) is 19.2 Å². The molecule has 9 heteroatoms. The molecule has 0 atom stereocenters. The van der Waals surface area contributed by atoms with Crippen LogP contribution in [0.5, 0.6) is 5.75 Å². The van der Waals surface area contributed by atoms with E-state index in [1.54, 1.807) is 25.3 Å². The highest BCUT2D eigenvalue weighted by Gasteiger charge is 2.14. The molecule has 0 unspecified atom stereocenters. The molecule has 1 N–H and O–H groups in total. The number of rotatable bonds is 6. The van der Waals surface area contributed by atoms with E-state index in [0.29, 0.717) is 11.4 Å². The molecular weight excluding hydrogens is 397 g/mol. The SMILES string of the molecule is CN=Cc1cn(Cc2cc(F)c(F)c(F)c2)c(Nc2ccc(OC)cc2C)nc1=O. The summed E-state index contributed by atoms with van der Waals surface area (Å²) in [6, 6.07) is 7.08. The molecular formula is C21H19F3N4O2. The molecule has 2 aromatic carbocycles. The molecule has 0 aliphatic carbocycles. The summed E-state index contributed by atoms with van der Waals surface area (Å²) in [5.74, 6) is -3.32. The number of halogens is 3. The van der Waals surface area contributed by atoms with Crippen LogP contribution in [-0.2, 0) is 6.54 Å². The Balaban J connectivity index is 2.06. The summed E-state index contributed by atoms with van der Waals surface area (Å²) in [5.41, 5.74) is 1.31. The number of anilines is 2. The molecule has 0 aliphatic heterocycles. The van der Waals surface area contributed by atoms with Crippen LogP contribution in [0.4, 0.5) is 24.8 Å². The van der Waals surface area contributed by atoms with Crippen molar-refractivity contribution < 1.29 is 17.9 Å². The van der Waals surface area contributed by atoms with Gasteiger partial charge in [0.1, 0.15) is 5.75 Å². The van der Waals surface area contributed by atoms with E-state index in [4.69, 9.17) is 4.74 Å². The van der Waals surface area contributed by atoms with Gasteiger partial charge in [-0.05, 0) is 48.4 Å². The second-order valence-electron chi connectivity index (χ2n) is 6.52. The van der Waals surface area contributed by atoms with E-state index in [1.807, 2.05) is 6.92 Å². The summed E-state index contributed by atoms with van der Waals surface area (Å²) in [7, 11) is 3.05. The molecule has 30 heavy (non-hydrogen) atoms. The molecule has 1 aromatic heterocycles. The van der Waals surface area contributed by atoms with E-state index in [2.05, 4.69) is 15.3 Å².